The maximum atomic E-state index is 18.3. The van der Waals surface area contributed by atoms with E-state index in [-0.39, 0.29) is 22.5 Å². The number of hydrogen-bond donors (Lipinski definition) is 0. The lowest BCUT2D eigenvalue weighted by Crippen LogP contribution is -2.10. The second-order valence-electron chi connectivity index (χ2n) is 28.0. The Morgan fingerprint density at radius 2 is 0.419 bits per heavy atom. The lowest BCUT2D eigenvalue weighted by Gasteiger charge is -2.23. The molecule has 552 valence electrons. The molecule has 0 bridgehead atoms. The van der Waals surface area contributed by atoms with Gasteiger partial charge in [0.05, 0.1) is 45.1 Å². The quantitative estimate of drug-likeness (QED) is 0.0536. The zero-order valence-corrected chi connectivity index (χ0v) is 61.9. The third kappa shape index (κ3) is 12.8. The Morgan fingerprint density at radius 3 is 0.624 bits per heavy atom. The van der Waals surface area contributed by atoms with E-state index in [1.807, 2.05) is 325 Å². The van der Waals surface area contributed by atoms with E-state index < -0.39 is 34.4 Å². The SMILES string of the molecule is Cc1c(F)c(F)c(F)c(F)c1-c1c(-n2c3ccc(-c4nc(-c5ccccc5)nc(-c5ccccc5)n4)cc3c3cc(-c4nc(-c5ccccc5)nc(-c5ccccc5)n4)ccc32)cc(C#N)cc1-n1c2ccc(-c3nc(-c4ccccc4)nc(-c4ccccc4)n3)cc2c2cc(-c3nc(-c4ccccc4)nc(-c4ccccc4)n3)ccc21. The highest BCUT2D eigenvalue weighted by Crippen LogP contribution is 2.48. The first-order chi connectivity index (χ1) is 57.5. The third-order valence-corrected chi connectivity index (χ3v) is 20.8. The van der Waals surface area contributed by atoms with Crippen LogP contribution in [0.25, 0.3) is 203 Å². The van der Waals surface area contributed by atoms with E-state index in [1.54, 1.807) is 12.1 Å². The highest BCUT2D eigenvalue weighted by atomic mass is 19.2. The summed E-state index contributed by atoms with van der Waals surface area (Å²) < 4.78 is 72.5. The van der Waals surface area contributed by atoms with Gasteiger partial charge in [-0.05, 0) is 97.4 Å². The molecule has 0 spiro atoms. The topological polar surface area (TPSA) is 188 Å². The number of rotatable bonds is 15. The van der Waals surface area contributed by atoms with Gasteiger partial charge in [0.1, 0.15) is 0 Å². The van der Waals surface area contributed by atoms with Gasteiger partial charge in [-0.15, -0.1) is 0 Å². The molecule has 0 aliphatic rings. The number of fused-ring (bicyclic) bond motifs is 6. The lowest BCUT2D eigenvalue weighted by molar-refractivity contribution is 0.408. The van der Waals surface area contributed by atoms with Crippen LogP contribution in [-0.4, -0.2) is 68.9 Å². The molecular weight excluding hydrogens is 1460 g/mol. The Hall–Kier alpha value is -16.1. The van der Waals surface area contributed by atoms with Crippen LogP contribution < -0.4 is 0 Å². The molecule has 0 unspecified atom stereocenters. The molecule has 20 aromatic rings. The molecule has 20 rings (SSSR count). The Labute approximate surface area is 665 Å². The predicted molar refractivity (Wildman–Crippen MR) is 449 cm³/mol. The van der Waals surface area contributed by atoms with Gasteiger partial charge in [-0.1, -0.05) is 243 Å². The molecule has 0 fully saturated rings. The van der Waals surface area contributed by atoms with Crippen molar-refractivity contribution in [1.82, 2.24) is 68.9 Å². The van der Waals surface area contributed by atoms with Crippen LogP contribution in [0.5, 0.6) is 0 Å². The van der Waals surface area contributed by atoms with E-state index in [2.05, 4.69) is 6.07 Å². The summed E-state index contributed by atoms with van der Waals surface area (Å²) in [6.45, 7) is 1.21. The molecule has 0 aliphatic heterocycles. The maximum absolute atomic E-state index is 18.3. The fraction of sp³-hybridized carbons (Fsp3) is 0.0102. The molecule has 0 radical (unpaired) electrons. The zero-order valence-electron chi connectivity index (χ0n) is 61.9. The smallest absolute Gasteiger partial charge is 0.198 e. The summed E-state index contributed by atoms with van der Waals surface area (Å²) in [5.41, 5.74) is 9.07. The number of hydrogen-bond acceptors (Lipinski definition) is 13. The van der Waals surface area contributed by atoms with Gasteiger partial charge in [0.15, 0.2) is 93.2 Å². The number of nitriles is 1. The van der Waals surface area contributed by atoms with Gasteiger partial charge in [0.25, 0.3) is 0 Å². The van der Waals surface area contributed by atoms with Gasteiger partial charge in [0.2, 0.25) is 0 Å². The van der Waals surface area contributed by atoms with Crippen molar-refractivity contribution in [2.24, 2.45) is 0 Å². The van der Waals surface area contributed by atoms with Gasteiger partial charge < -0.3 is 9.13 Å². The average molecular weight is 1520 g/mol. The van der Waals surface area contributed by atoms with E-state index >= 15 is 17.6 Å². The van der Waals surface area contributed by atoms with E-state index in [4.69, 9.17) is 59.8 Å². The first kappa shape index (κ1) is 70.1. The Balaban J connectivity index is 0.883. The summed E-state index contributed by atoms with van der Waals surface area (Å²) in [5, 5.41) is 14.1. The molecule has 6 heterocycles. The minimum atomic E-state index is -2.05. The Bertz CT molecular complexity index is 6340. The van der Waals surface area contributed by atoms with Crippen molar-refractivity contribution in [1.29, 1.82) is 5.26 Å². The molecule has 0 aliphatic carbocycles. The lowest BCUT2D eigenvalue weighted by atomic mass is 9.93. The Morgan fingerprint density at radius 1 is 0.222 bits per heavy atom. The second kappa shape index (κ2) is 29.2. The minimum Gasteiger partial charge on any atom is -0.308 e. The molecule has 0 saturated carbocycles. The van der Waals surface area contributed by atoms with Gasteiger partial charge in [-0.2, -0.15) is 5.26 Å². The summed E-state index contributed by atoms with van der Waals surface area (Å²) in [4.78, 5) is 61.3. The van der Waals surface area contributed by atoms with Crippen LogP contribution in [0.1, 0.15) is 11.1 Å². The molecule has 6 aromatic heterocycles. The maximum Gasteiger partial charge on any atom is 0.198 e. The van der Waals surface area contributed by atoms with Gasteiger partial charge in [0, 0.05) is 99.4 Å². The van der Waals surface area contributed by atoms with Crippen molar-refractivity contribution >= 4 is 43.6 Å². The van der Waals surface area contributed by atoms with Crippen LogP contribution in [0.15, 0.2) is 328 Å². The predicted octanol–water partition coefficient (Wildman–Crippen LogP) is 23.0. The van der Waals surface area contributed by atoms with Crippen molar-refractivity contribution in [3.8, 4) is 165 Å². The Kier molecular flexibility index (Phi) is 17.5. The van der Waals surface area contributed by atoms with Gasteiger partial charge in [-0.25, -0.2) is 77.4 Å². The largest absolute Gasteiger partial charge is 0.308 e. The van der Waals surface area contributed by atoms with Crippen LogP contribution in [-0.2, 0) is 0 Å². The first-order valence-corrected chi connectivity index (χ1v) is 37.6. The third-order valence-electron chi connectivity index (χ3n) is 20.8. The summed E-state index contributed by atoms with van der Waals surface area (Å²) in [6, 6.07) is 105. The standard InChI is InChI=1S/C98H57F4N15/c1-57-81(84(100)86(102)85(101)83(57)99)82-79(116-75-46-42-67(95-108-87(59-26-10-2-11-27-59)104-88(109-95)60-28-12-3-13-29-60)52-71(75)72-53-68(43-47-76(72)116)96-110-89(61-30-14-4-15-31-61)105-90(111-96)62-32-16-5-17-33-62)50-58(56-103)51-80(82)117-77-48-44-69(97-112-91(63-34-18-6-19-35-63)106-92(113-97)64-36-20-7-21-37-64)54-73(77)74-55-70(45-49-78(74)117)98-114-93(65-38-22-8-23-39-65)107-94(115-98)66-40-24-9-25-41-66/h2-55H,1H3. The highest BCUT2D eigenvalue weighted by Gasteiger charge is 2.32. The van der Waals surface area contributed by atoms with Crippen molar-refractivity contribution in [2.75, 3.05) is 0 Å². The summed E-state index contributed by atoms with van der Waals surface area (Å²) >= 11 is 0. The molecular formula is C98H57F4N15. The second-order valence-corrected chi connectivity index (χ2v) is 28.0. The average Bonchev–Trinajstić information content (AvgIpc) is 1.57. The number of benzene rings is 14. The van der Waals surface area contributed by atoms with Crippen LogP contribution in [0.4, 0.5) is 17.6 Å². The first-order valence-electron chi connectivity index (χ1n) is 37.6. The van der Waals surface area contributed by atoms with Crippen LogP contribution in [0.2, 0.25) is 0 Å². The van der Waals surface area contributed by atoms with Crippen molar-refractivity contribution in [2.45, 2.75) is 6.92 Å². The van der Waals surface area contributed by atoms with E-state index in [9.17, 15) is 5.26 Å². The zero-order chi connectivity index (χ0) is 78.8. The number of halogens is 4. The fourth-order valence-corrected chi connectivity index (χ4v) is 15.2. The molecule has 0 atom stereocenters. The van der Waals surface area contributed by atoms with Crippen LogP contribution in [0.3, 0.4) is 0 Å². The van der Waals surface area contributed by atoms with Crippen molar-refractivity contribution in [3.05, 3.63) is 362 Å². The van der Waals surface area contributed by atoms with E-state index in [0.29, 0.717) is 136 Å². The molecule has 0 amide bonds. The van der Waals surface area contributed by atoms with Gasteiger partial charge in [-0.3, -0.25) is 0 Å². The van der Waals surface area contributed by atoms with Crippen molar-refractivity contribution in [3.63, 3.8) is 0 Å². The monoisotopic (exact) mass is 1520 g/mol. The van der Waals surface area contributed by atoms with E-state index in [0.717, 1.165) is 44.5 Å². The highest BCUT2D eigenvalue weighted by molar-refractivity contribution is 6.14. The van der Waals surface area contributed by atoms with E-state index in [1.165, 1.54) is 6.92 Å². The molecule has 19 heteroatoms. The van der Waals surface area contributed by atoms with Crippen LogP contribution >= 0.6 is 0 Å². The summed E-state index contributed by atoms with van der Waals surface area (Å²) in [6.07, 6.45) is 0. The molecule has 0 N–H and O–H groups in total. The molecule has 0 saturated heterocycles. The molecule has 117 heavy (non-hydrogen) atoms. The number of aromatic nitrogens is 14. The summed E-state index contributed by atoms with van der Waals surface area (Å²) in [7, 11) is 0. The molecule has 14 aromatic carbocycles. The fourth-order valence-electron chi connectivity index (χ4n) is 15.2. The summed E-state index contributed by atoms with van der Waals surface area (Å²) in [5.74, 6) is -2.68. The minimum absolute atomic E-state index is 0.0506. The molecule has 15 nitrogen and oxygen atoms in total. The normalized spacial score (nSPS) is 11.5. The van der Waals surface area contributed by atoms with Gasteiger partial charge >= 0.3 is 0 Å². The number of nitrogens with zero attached hydrogens (tertiary/aromatic N) is 15. The van der Waals surface area contributed by atoms with Crippen LogP contribution in [0, 0.1) is 41.5 Å². The van der Waals surface area contributed by atoms with Crippen molar-refractivity contribution < 1.29 is 17.6 Å².